The molecule has 0 saturated carbocycles. The number of fused-ring (bicyclic) bond motifs is 1. The molecule has 0 unspecified atom stereocenters. The number of anilines is 1. The third kappa shape index (κ3) is 2.16. The number of Topliss-reactive ketones (excluding diaryl/α,β-unsaturated/α-hetero) is 1. The summed E-state index contributed by atoms with van der Waals surface area (Å²) < 4.78 is 0. The first-order valence-corrected chi connectivity index (χ1v) is 7.22. The van der Waals surface area contributed by atoms with Crippen LogP contribution in [0.5, 0.6) is 0 Å². The van der Waals surface area contributed by atoms with Gasteiger partial charge in [0.15, 0.2) is 5.78 Å². The van der Waals surface area contributed by atoms with E-state index in [9.17, 15) is 4.79 Å². The van der Waals surface area contributed by atoms with Crippen molar-refractivity contribution in [2.75, 3.05) is 31.1 Å². The predicted molar refractivity (Wildman–Crippen MR) is 78.0 cm³/mol. The highest BCUT2D eigenvalue weighted by molar-refractivity contribution is 6.07. The van der Waals surface area contributed by atoms with E-state index in [1.807, 2.05) is 0 Å². The first kappa shape index (κ1) is 12.7. The molecule has 3 nitrogen and oxygen atoms in total. The Morgan fingerprint density at radius 3 is 2.68 bits per heavy atom. The number of ketones is 1. The van der Waals surface area contributed by atoms with Crippen molar-refractivity contribution in [2.24, 2.45) is 5.41 Å². The zero-order chi connectivity index (χ0) is 13.5. The molecule has 19 heavy (non-hydrogen) atoms. The Bertz CT molecular complexity index is 501. The first-order valence-electron chi connectivity index (χ1n) is 7.22. The maximum Gasteiger partial charge on any atom is 0.170 e. The molecule has 2 aliphatic rings. The van der Waals surface area contributed by atoms with Crippen LogP contribution >= 0.6 is 0 Å². The van der Waals surface area contributed by atoms with Gasteiger partial charge in [-0.25, -0.2) is 0 Å². The van der Waals surface area contributed by atoms with E-state index in [-0.39, 0.29) is 5.41 Å². The Labute approximate surface area is 115 Å². The minimum atomic E-state index is -0.211. The van der Waals surface area contributed by atoms with Gasteiger partial charge < -0.3 is 10.2 Å². The van der Waals surface area contributed by atoms with Crippen molar-refractivity contribution in [2.45, 2.75) is 26.7 Å². The van der Waals surface area contributed by atoms with Gasteiger partial charge in [-0.1, -0.05) is 26.0 Å². The van der Waals surface area contributed by atoms with Crippen LogP contribution in [0.25, 0.3) is 0 Å². The van der Waals surface area contributed by atoms with Gasteiger partial charge in [0.1, 0.15) is 0 Å². The lowest BCUT2D eigenvalue weighted by molar-refractivity contribution is 0.0811. The smallest absolute Gasteiger partial charge is 0.170 e. The fourth-order valence-corrected chi connectivity index (χ4v) is 3.13. The maximum atomic E-state index is 12.8. The molecule has 1 aromatic rings. The van der Waals surface area contributed by atoms with Gasteiger partial charge in [0.05, 0.1) is 0 Å². The third-order valence-electron chi connectivity index (χ3n) is 4.45. The summed E-state index contributed by atoms with van der Waals surface area (Å²) in [6.07, 6.45) is 1.98. The van der Waals surface area contributed by atoms with Crippen LogP contribution in [0.1, 0.15) is 36.2 Å². The predicted octanol–water partition coefficient (Wildman–Crippen LogP) is 2.25. The zero-order valence-electron chi connectivity index (χ0n) is 11.8. The van der Waals surface area contributed by atoms with Gasteiger partial charge in [0.25, 0.3) is 0 Å². The second-order valence-electron chi connectivity index (χ2n) is 6.26. The highest BCUT2D eigenvalue weighted by Crippen LogP contribution is 2.39. The van der Waals surface area contributed by atoms with Crippen LogP contribution in [0.15, 0.2) is 18.2 Å². The molecule has 0 atom stereocenters. The molecule has 3 heteroatoms. The van der Waals surface area contributed by atoms with Crippen molar-refractivity contribution < 1.29 is 4.79 Å². The van der Waals surface area contributed by atoms with Gasteiger partial charge in [-0.3, -0.25) is 4.79 Å². The van der Waals surface area contributed by atoms with Crippen LogP contribution in [0.2, 0.25) is 0 Å². The molecule has 1 fully saturated rings. The Morgan fingerprint density at radius 1 is 1.21 bits per heavy atom. The number of rotatable bonds is 1. The largest absolute Gasteiger partial charge is 0.368 e. The fourth-order valence-electron chi connectivity index (χ4n) is 3.13. The van der Waals surface area contributed by atoms with Gasteiger partial charge >= 0.3 is 0 Å². The molecule has 3 rings (SSSR count). The first-order chi connectivity index (χ1) is 9.09. The number of aryl methyl sites for hydroxylation is 1. The van der Waals surface area contributed by atoms with Crippen LogP contribution < -0.4 is 10.2 Å². The number of carbonyl (C=O) groups excluding carboxylic acids is 1. The minimum absolute atomic E-state index is 0.211. The van der Waals surface area contributed by atoms with Crippen molar-refractivity contribution in [3.8, 4) is 0 Å². The number of hydrogen-bond acceptors (Lipinski definition) is 3. The Hall–Kier alpha value is -1.35. The normalized spacial score (nSPS) is 22.2. The van der Waals surface area contributed by atoms with E-state index in [1.54, 1.807) is 0 Å². The number of hydrogen-bond donors (Lipinski definition) is 1. The minimum Gasteiger partial charge on any atom is -0.368 e. The molecule has 1 aliphatic heterocycles. The summed E-state index contributed by atoms with van der Waals surface area (Å²) in [5.41, 5.74) is 3.16. The van der Waals surface area contributed by atoms with E-state index in [2.05, 4.69) is 42.3 Å². The quantitative estimate of drug-likeness (QED) is 0.838. The fraction of sp³-hybridized carbons (Fsp3) is 0.562. The Balaban J connectivity index is 2.05. The molecule has 1 aromatic carbocycles. The number of nitrogens with zero attached hydrogens (tertiary/aromatic N) is 1. The molecule has 0 aromatic heterocycles. The lowest BCUT2D eigenvalue weighted by Crippen LogP contribution is -2.44. The van der Waals surface area contributed by atoms with E-state index in [4.69, 9.17) is 0 Å². The number of benzene rings is 1. The van der Waals surface area contributed by atoms with Crippen LogP contribution in [-0.4, -0.2) is 32.0 Å². The maximum absolute atomic E-state index is 12.8. The van der Waals surface area contributed by atoms with Crippen molar-refractivity contribution >= 4 is 11.5 Å². The van der Waals surface area contributed by atoms with E-state index in [0.29, 0.717) is 5.78 Å². The second-order valence-corrected chi connectivity index (χ2v) is 6.26. The molecule has 1 N–H and O–H groups in total. The van der Waals surface area contributed by atoms with Gasteiger partial charge in [0.2, 0.25) is 0 Å². The molecule has 0 bridgehead atoms. The van der Waals surface area contributed by atoms with Gasteiger partial charge in [-0.2, -0.15) is 0 Å². The average molecular weight is 258 g/mol. The van der Waals surface area contributed by atoms with E-state index in [1.165, 1.54) is 5.56 Å². The molecule has 102 valence electrons. The highest BCUT2D eigenvalue weighted by atomic mass is 16.1. The molecule has 0 amide bonds. The van der Waals surface area contributed by atoms with E-state index in [0.717, 1.165) is 50.3 Å². The average Bonchev–Trinajstić information content (AvgIpc) is 2.44. The van der Waals surface area contributed by atoms with Gasteiger partial charge in [0, 0.05) is 42.8 Å². The summed E-state index contributed by atoms with van der Waals surface area (Å²) in [4.78, 5) is 15.1. The van der Waals surface area contributed by atoms with Gasteiger partial charge in [-0.15, -0.1) is 0 Å². The molecule has 1 saturated heterocycles. The van der Waals surface area contributed by atoms with E-state index < -0.39 is 0 Å². The van der Waals surface area contributed by atoms with Crippen molar-refractivity contribution in [1.82, 2.24) is 5.32 Å². The zero-order valence-corrected chi connectivity index (χ0v) is 11.8. The molecular weight excluding hydrogens is 236 g/mol. The second kappa shape index (κ2) is 4.64. The van der Waals surface area contributed by atoms with Crippen molar-refractivity contribution in [3.05, 3.63) is 29.3 Å². The van der Waals surface area contributed by atoms with Crippen molar-refractivity contribution in [1.29, 1.82) is 0 Å². The topological polar surface area (TPSA) is 32.3 Å². The van der Waals surface area contributed by atoms with Crippen LogP contribution in [0.3, 0.4) is 0 Å². The van der Waals surface area contributed by atoms with Crippen LogP contribution in [0, 0.1) is 5.41 Å². The summed E-state index contributed by atoms with van der Waals surface area (Å²) in [6, 6.07) is 6.33. The lowest BCUT2D eigenvalue weighted by atomic mass is 9.72. The summed E-state index contributed by atoms with van der Waals surface area (Å²) in [5, 5.41) is 3.37. The highest BCUT2D eigenvalue weighted by Gasteiger charge is 2.36. The number of piperazine rings is 1. The van der Waals surface area contributed by atoms with Gasteiger partial charge in [-0.05, 0) is 24.5 Å². The summed E-state index contributed by atoms with van der Waals surface area (Å²) in [7, 11) is 0. The summed E-state index contributed by atoms with van der Waals surface area (Å²) in [5.74, 6) is 0.322. The molecule has 1 heterocycles. The molecule has 0 spiro atoms. The molecule has 1 aliphatic carbocycles. The third-order valence-corrected chi connectivity index (χ3v) is 4.45. The lowest BCUT2D eigenvalue weighted by Gasteiger charge is -2.36. The standard InChI is InChI=1S/C16H22N2O/c1-16(2)7-6-12-4-3-5-13(14(12)15(16)19)18-10-8-17-9-11-18/h3-5,17H,6-11H2,1-2H3. The molecular formula is C16H22N2O. The van der Waals surface area contributed by atoms with E-state index >= 15 is 0 Å². The Morgan fingerprint density at radius 2 is 1.95 bits per heavy atom. The van der Waals surface area contributed by atoms with Crippen LogP contribution in [0.4, 0.5) is 5.69 Å². The molecule has 0 radical (unpaired) electrons. The summed E-state index contributed by atoms with van der Waals surface area (Å²) >= 11 is 0. The Kier molecular flexibility index (Phi) is 3.09. The summed E-state index contributed by atoms with van der Waals surface area (Å²) in [6.45, 7) is 8.14. The van der Waals surface area contributed by atoms with Crippen LogP contribution in [-0.2, 0) is 6.42 Å². The number of carbonyl (C=O) groups is 1. The number of nitrogens with one attached hydrogen (secondary N) is 1. The monoisotopic (exact) mass is 258 g/mol. The van der Waals surface area contributed by atoms with Crippen molar-refractivity contribution in [3.63, 3.8) is 0 Å². The SMILES string of the molecule is CC1(C)CCc2cccc(N3CCNCC3)c2C1=O.